The average molecular weight is 405 g/mol. The van der Waals surface area contributed by atoms with Crippen molar-refractivity contribution in [1.29, 1.82) is 0 Å². The topological polar surface area (TPSA) is 86.5 Å². The van der Waals surface area contributed by atoms with Gasteiger partial charge < -0.3 is 20.5 Å². The van der Waals surface area contributed by atoms with Crippen molar-refractivity contribution in [3.63, 3.8) is 0 Å². The molecule has 2 aromatic carbocycles. The second-order valence-electron chi connectivity index (χ2n) is 7.00. The molecule has 0 aliphatic carbocycles. The van der Waals surface area contributed by atoms with Gasteiger partial charge >= 0.3 is 6.09 Å². The lowest BCUT2D eigenvalue weighted by molar-refractivity contribution is 0.0822. The van der Waals surface area contributed by atoms with Crippen LogP contribution < -0.4 is 11.1 Å². The Balaban J connectivity index is 1.56. The highest BCUT2D eigenvalue weighted by atomic mass is 16.5. The Labute approximate surface area is 177 Å². The zero-order valence-corrected chi connectivity index (χ0v) is 16.8. The number of nitrogens with two attached hydrogens (primary N) is 1. The molecule has 1 heterocycles. The summed E-state index contributed by atoms with van der Waals surface area (Å²) >= 11 is 0. The van der Waals surface area contributed by atoms with Crippen LogP contribution in [0.5, 0.6) is 0 Å². The lowest BCUT2D eigenvalue weighted by Crippen LogP contribution is -2.51. The van der Waals surface area contributed by atoms with Crippen LogP contribution in [0.2, 0.25) is 0 Å². The molecule has 6 heteroatoms. The minimum atomic E-state index is -0.524. The lowest BCUT2D eigenvalue weighted by atomic mass is 10.0. The number of nitrogens with one attached hydrogen (secondary N) is 1. The SMILES string of the molecule is NC(Cc1ccccn1)[C@H](COCc1ccccc1)NC(=O)OCc1ccccc1. The second-order valence-corrected chi connectivity index (χ2v) is 7.00. The Morgan fingerprint density at radius 2 is 1.53 bits per heavy atom. The number of pyridine rings is 1. The zero-order chi connectivity index (χ0) is 21.0. The standard InChI is InChI=1S/C24H27N3O3/c25-22(15-21-13-7-8-14-26-21)23(18-29-16-19-9-3-1-4-10-19)27-24(28)30-17-20-11-5-2-6-12-20/h1-14,22-23H,15-18,25H2,(H,27,28)/t22?,23-/m0/s1. The number of nitrogens with zero attached hydrogens (tertiary/aromatic N) is 1. The van der Waals surface area contributed by atoms with E-state index in [0.717, 1.165) is 16.8 Å². The van der Waals surface area contributed by atoms with Crippen LogP contribution in [0.25, 0.3) is 0 Å². The molecule has 3 N–H and O–H groups in total. The van der Waals surface area contributed by atoms with Crippen LogP contribution >= 0.6 is 0 Å². The van der Waals surface area contributed by atoms with Gasteiger partial charge in [-0.3, -0.25) is 4.98 Å². The van der Waals surface area contributed by atoms with Crippen molar-refractivity contribution in [3.05, 3.63) is 102 Å². The number of amides is 1. The van der Waals surface area contributed by atoms with E-state index in [0.29, 0.717) is 13.0 Å². The summed E-state index contributed by atoms with van der Waals surface area (Å²) in [6.07, 6.45) is 1.72. The summed E-state index contributed by atoms with van der Waals surface area (Å²) in [5.74, 6) is 0. The van der Waals surface area contributed by atoms with Crippen LogP contribution in [0.15, 0.2) is 85.1 Å². The fraction of sp³-hybridized carbons (Fsp3) is 0.250. The molecule has 30 heavy (non-hydrogen) atoms. The molecule has 6 nitrogen and oxygen atoms in total. The summed E-state index contributed by atoms with van der Waals surface area (Å²) in [4.78, 5) is 16.7. The van der Waals surface area contributed by atoms with Gasteiger partial charge in [-0.05, 0) is 23.3 Å². The van der Waals surface area contributed by atoms with Crippen LogP contribution in [0.4, 0.5) is 4.79 Å². The highest BCUT2D eigenvalue weighted by molar-refractivity contribution is 5.67. The van der Waals surface area contributed by atoms with E-state index in [1.165, 1.54) is 0 Å². The summed E-state index contributed by atoms with van der Waals surface area (Å²) < 4.78 is 11.2. The third kappa shape index (κ3) is 7.31. The molecule has 0 bridgehead atoms. The molecule has 0 radical (unpaired) electrons. The maximum absolute atomic E-state index is 12.4. The molecule has 1 amide bonds. The fourth-order valence-electron chi connectivity index (χ4n) is 2.97. The quantitative estimate of drug-likeness (QED) is 0.539. The number of hydrogen-bond donors (Lipinski definition) is 2. The van der Waals surface area contributed by atoms with Crippen molar-refractivity contribution in [2.75, 3.05) is 6.61 Å². The van der Waals surface area contributed by atoms with Crippen LogP contribution in [-0.2, 0) is 29.1 Å². The first-order valence-corrected chi connectivity index (χ1v) is 9.95. The van der Waals surface area contributed by atoms with Gasteiger partial charge in [0.1, 0.15) is 6.61 Å². The number of carbonyl (C=O) groups is 1. The first-order chi connectivity index (χ1) is 14.7. The number of ether oxygens (including phenoxy) is 2. The van der Waals surface area contributed by atoms with Gasteiger partial charge in [-0.2, -0.15) is 0 Å². The van der Waals surface area contributed by atoms with Gasteiger partial charge in [0.2, 0.25) is 0 Å². The maximum atomic E-state index is 12.4. The van der Waals surface area contributed by atoms with Gasteiger partial charge in [-0.1, -0.05) is 66.7 Å². The Kier molecular flexibility index (Phi) is 8.38. The number of carbonyl (C=O) groups excluding carboxylic acids is 1. The largest absolute Gasteiger partial charge is 0.445 e. The van der Waals surface area contributed by atoms with Gasteiger partial charge in [0.25, 0.3) is 0 Å². The molecule has 0 spiro atoms. The van der Waals surface area contributed by atoms with Crippen molar-refractivity contribution in [2.45, 2.75) is 31.7 Å². The summed E-state index contributed by atoms with van der Waals surface area (Å²) in [6, 6.07) is 24.3. The van der Waals surface area contributed by atoms with Crippen LogP contribution in [0.3, 0.4) is 0 Å². The average Bonchev–Trinajstić information content (AvgIpc) is 2.79. The van der Waals surface area contributed by atoms with E-state index < -0.39 is 12.1 Å². The van der Waals surface area contributed by atoms with E-state index in [9.17, 15) is 4.79 Å². The maximum Gasteiger partial charge on any atom is 0.407 e. The van der Waals surface area contributed by atoms with Crippen molar-refractivity contribution >= 4 is 6.09 Å². The van der Waals surface area contributed by atoms with E-state index in [1.807, 2.05) is 78.9 Å². The molecular weight excluding hydrogens is 378 g/mol. The van der Waals surface area contributed by atoms with Crippen LogP contribution in [0.1, 0.15) is 16.8 Å². The number of aromatic nitrogens is 1. The number of benzene rings is 2. The Morgan fingerprint density at radius 3 is 2.17 bits per heavy atom. The van der Waals surface area contributed by atoms with Gasteiger partial charge in [0.05, 0.1) is 19.3 Å². The molecule has 0 saturated heterocycles. The predicted molar refractivity (Wildman–Crippen MR) is 116 cm³/mol. The molecule has 1 unspecified atom stereocenters. The molecule has 0 aliphatic heterocycles. The van der Waals surface area contributed by atoms with E-state index >= 15 is 0 Å². The molecule has 0 saturated carbocycles. The third-order valence-electron chi connectivity index (χ3n) is 4.61. The summed E-state index contributed by atoms with van der Waals surface area (Å²) in [5.41, 5.74) is 9.23. The van der Waals surface area contributed by atoms with E-state index in [1.54, 1.807) is 6.20 Å². The number of rotatable bonds is 10. The Bertz CT molecular complexity index is 876. The van der Waals surface area contributed by atoms with Crippen molar-refractivity contribution < 1.29 is 14.3 Å². The van der Waals surface area contributed by atoms with Gasteiger partial charge in [0, 0.05) is 24.4 Å². The van der Waals surface area contributed by atoms with Gasteiger partial charge in [-0.25, -0.2) is 4.79 Å². The molecule has 0 fully saturated rings. The molecule has 0 aliphatic rings. The van der Waals surface area contributed by atoms with Gasteiger partial charge in [-0.15, -0.1) is 0 Å². The van der Waals surface area contributed by atoms with E-state index in [4.69, 9.17) is 15.2 Å². The van der Waals surface area contributed by atoms with Crippen LogP contribution in [0, 0.1) is 0 Å². The van der Waals surface area contributed by atoms with Crippen LogP contribution in [-0.4, -0.2) is 29.8 Å². The lowest BCUT2D eigenvalue weighted by Gasteiger charge is -2.24. The minimum absolute atomic E-state index is 0.194. The normalized spacial score (nSPS) is 12.7. The van der Waals surface area contributed by atoms with Crippen molar-refractivity contribution in [2.24, 2.45) is 5.73 Å². The first-order valence-electron chi connectivity index (χ1n) is 9.95. The number of alkyl carbamates (subject to hydrolysis) is 1. The highest BCUT2D eigenvalue weighted by Gasteiger charge is 2.22. The van der Waals surface area contributed by atoms with E-state index in [2.05, 4.69) is 10.3 Å². The number of hydrogen-bond acceptors (Lipinski definition) is 5. The highest BCUT2D eigenvalue weighted by Crippen LogP contribution is 2.07. The van der Waals surface area contributed by atoms with E-state index in [-0.39, 0.29) is 19.3 Å². The molecule has 3 aromatic rings. The fourth-order valence-corrected chi connectivity index (χ4v) is 2.97. The molecule has 1 aromatic heterocycles. The van der Waals surface area contributed by atoms with Crippen molar-refractivity contribution in [1.82, 2.24) is 10.3 Å². The molecule has 2 atom stereocenters. The Morgan fingerprint density at radius 1 is 0.900 bits per heavy atom. The smallest absolute Gasteiger partial charge is 0.407 e. The summed E-state index contributed by atoms with van der Waals surface area (Å²) in [5, 5.41) is 2.85. The summed E-state index contributed by atoms with van der Waals surface area (Å²) in [6.45, 7) is 0.900. The van der Waals surface area contributed by atoms with Gasteiger partial charge in [0.15, 0.2) is 0 Å². The monoisotopic (exact) mass is 405 g/mol. The third-order valence-corrected chi connectivity index (χ3v) is 4.61. The first kappa shape index (κ1) is 21.5. The molecule has 156 valence electrons. The Hall–Kier alpha value is -3.22. The predicted octanol–water partition coefficient (Wildman–Crippen LogP) is 3.46. The summed E-state index contributed by atoms with van der Waals surface area (Å²) in [7, 11) is 0. The molecular formula is C24H27N3O3. The minimum Gasteiger partial charge on any atom is -0.445 e. The second kappa shape index (κ2) is 11.7. The van der Waals surface area contributed by atoms with Crippen molar-refractivity contribution in [3.8, 4) is 0 Å². The molecule has 3 rings (SSSR count). The zero-order valence-electron chi connectivity index (χ0n) is 16.8.